The Labute approximate surface area is 130 Å². The summed E-state index contributed by atoms with van der Waals surface area (Å²) < 4.78 is 5.09. The Balaban J connectivity index is 3.30. The van der Waals surface area contributed by atoms with Crippen molar-refractivity contribution in [3.8, 4) is 0 Å². The van der Waals surface area contributed by atoms with Gasteiger partial charge in [-0.05, 0) is 27.0 Å². The molecule has 0 radical (unpaired) electrons. The molecule has 0 amide bonds. The van der Waals surface area contributed by atoms with E-state index >= 15 is 0 Å². The zero-order valence-electron chi connectivity index (χ0n) is 13.2. The smallest absolute Gasteiger partial charge is 0.336 e. The van der Waals surface area contributed by atoms with Gasteiger partial charge in [-0.25, -0.2) is 9.59 Å². The number of carboxylic acids is 1. The van der Waals surface area contributed by atoms with E-state index in [9.17, 15) is 14.7 Å². The van der Waals surface area contributed by atoms with Gasteiger partial charge in [0.1, 0.15) is 0 Å². The van der Waals surface area contributed by atoms with Crippen molar-refractivity contribution in [3.63, 3.8) is 0 Å². The molecule has 0 aromatic carbocycles. The largest absolute Gasteiger partial charge is 0.478 e. The topological polar surface area (TPSA) is 66.8 Å². The number of ether oxygens (including phenoxy) is 1. The molecule has 0 aliphatic carbocycles. The van der Waals surface area contributed by atoms with E-state index < -0.39 is 17.9 Å². The number of carbonyl (C=O) groups is 2. The highest BCUT2D eigenvalue weighted by molar-refractivity contribution is 7.98. The van der Waals surface area contributed by atoms with Crippen molar-refractivity contribution in [2.45, 2.75) is 27.7 Å². The number of hydrogen-bond acceptors (Lipinski definition) is 5. The summed E-state index contributed by atoms with van der Waals surface area (Å²) in [6.45, 7) is 8.08. The van der Waals surface area contributed by atoms with E-state index in [0.717, 1.165) is 11.4 Å². The van der Waals surface area contributed by atoms with Gasteiger partial charge < -0.3 is 14.7 Å². The Morgan fingerprint density at radius 3 is 2.33 bits per heavy atom. The van der Waals surface area contributed by atoms with Crippen molar-refractivity contribution < 1.29 is 19.4 Å². The van der Waals surface area contributed by atoms with Gasteiger partial charge in [-0.2, -0.15) is 11.8 Å². The zero-order valence-corrected chi connectivity index (χ0v) is 14.0. The monoisotopic (exact) mass is 313 g/mol. The molecule has 1 unspecified atom stereocenters. The predicted molar refractivity (Wildman–Crippen MR) is 83.9 cm³/mol. The third-order valence-corrected chi connectivity index (χ3v) is 4.29. The fraction of sp³-hybridized carbons (Fsp3) is 0.600. The number of hydrogen-bond donors (Lipinski definition) is 1. The van der Waals surface area contributed by atoms with Gasteiger partial charge in [0.25, 0.3) is 0 Å². The first-order valence-corrected chi connectivity index (χ1v) is 8.34. The van der Waals surface area contributed by atoms with Gasteiger partial charge in [-0.3, -0.25) is 0 Å². The summed E-state index contributed by atoms with van der Waals surface area (Å²) in [6.07, 6.45) is 2.00. The number of esters is 1. The second kappa shape index (κ2) is 7.54. The average molecular weight is 313 g/mol. The molecule has 0 aromatic heterocycles. The maximum Gasteiger partial charge on any atom is 0.336 e. The van der Waals surface area contributed by atoms with Crippen LogP contribution in [0.5, 0.6) is 0 Å². The number of aliphatic carboxylic acids is 1. The van der Waals surface area contributed by atoms with Crippen LogP contribution in [0.4, 0.5) is 0 Å². The van der Waals surface area contributed by atoms with Gasteiger partial charge in [0.2, 0.25) is 0 Å². The van der Waals surface area contributed by atoms with Gasteiger partial charge in [0, 0.05) is 29.6 Å². The van der Waals surface area contributed by atoms with Crippen molar-refractivity contribution in [2.24, 2.45) is 5.92 Å². The lowest BCUT2D eigenvalue weighted by Gasteiger charge is -2.36. The lowest BCUT2D eigenvalue weighted by atomic mass is 9.86. The van der Waals surface area contributed by atoms with E-state index in [4.69, 9.17) is 4.74 Å². The first kappa shape index (κ1) is 17.6. The van der Waals surface area contributed by atoms with Gasteiger partial charge in [0.05, 0.1) is 17.8 Å². The molecule has 0 saturated heterocycles. The standard InChI is InChI=1S/C15H23NO4S/c1-6-20-15(19)13-9(2)12(14(17)18)10(3)16(11(13)4)7-8-21-5/h9H,6-8H2,1-5H3,(H,17,18). The number of carbonyl (C=O) groups excluding carboxylic acids is 1. The minimum Gasteiger partial charge on any atom is -0.478 e. The molecule has 1 N–H and O–H groups in total. The average Bonchev–Trinajstić information content (AvgIpc) is 2.38. The number of carboxylic acid groups (broad SMARTS) is 1. The molecule has 118 valence electrons. The molecule has 1 atom stereocenters. The highest BCUT2D eigenvalue weighted by atomic mass is 32.2. The molecular weight excluding hydrogens is 290 g/mol. The zero-order chi connectivity index (χ0) is 16.2. The molecule has 0 bridgehead atoms. The van der Waals surface area contributed by atoms with Crippen molar-refractivity contribution in [1.82, 2.24) is 4.90 Å². The first-order valence-electron chi connectivity index (χ1n) is 6.95. The Kier molecular flexibility index (Phi) is 6.33. The normalized spacial score (nSPS) is 19.1. The Morgan fingerprint density at radius 2 is 1.86 bits per heavy atom. The van der Waals surface area contributed by atoms with Crippen LogP contribution >= 0.6 is 11.8 Å². The van der Waals surface area contributed by atoms with E-state index in [0.29, 0.717) is 17.8 Å². The minimum atomic E-state index is -0.983. The van der Waals surface area contributed by atoms with Crippen LogP contribution in [0.25, 0.3) is 0 Å². The summed E-state index contributed by atoms with van der Waals surface area (Å²) >= 11 is 1.68. The van der Waals surface area contributed by atoms with Crippen molar-refractivity contribution >= 4 is 23.7 Å². The van der Waals surface area contributed by atoms with E-state index in [1.54, 1.807) is 32.5 Å². The molecule has 0 aromatic rings. The maximum absolute atomic E-state index is 12.2. The lowest BCUT2D eigenvalue weighted by molar-refractivity contribution is -0.139. The Hall–Kier alpha value is -1.43. The van der Waals surface area contributed by atoms with Crippen LogP contribution in [0.1, 0.15) is 27.7 Å². The molecule has 21 heavy (non-hydrogen) atoms. The van der Waals surface area contributed by atoms with Crippen LogP contribution in [0, 0.1) is 5.92 Å². The van der Waals surface area contributed by atoms with Gasteiger partial charge in [-0.15, -0.1) is 0 Å². The Morgan fingerprint density at radius 1 is 1.29 bits per heavy atom. The van der Waals surface area contributed by atoms with E-state index in [1.165, 1.54) is 0 Å². The lowest BCUT2D eigenvalue weighted by Crippen LogP contribution is -2.35. The quantitative estimate of drug-likeness (QED) is 0.760. The van der Waals surface area contributed by atoms with E-state index in [2.05, 4.69) is 0 Å². The van der Waals surface area contributed by atoms with Crippen molar-refractivity contribution in [3.05, 3.63) is 22.5 Å². The third kappa shape index (κ3) is 3.61. The highest BCUT2D eigenvalue weighted by Gasteiger charge is 2.35. The molecule has 6 heteroatoms. The molecule has 1 aliphatic heterocycles. The fourth-order valence-electron chi connectivity index (χ4n) is 2.70. The number of rotatable bonds is 6. The molecule has 1 rings (SSSR count). The van der Waals surface area contributed by atoms with Crippen LogP contribution < -0.4 is 0 Å². The SMILES string of the molecule is CCOC(=O)C1=C(C)N(CCSC)C(C)=C(C(=O)O)C1C. The van der Waals surface area contributed by atoms with Gasteiger partial charge in [0.15, 0.2) is 0 Å². The van der Waals surface area contributed by atoms with Crippen LogP contribution in [0.2, 0.25) is 0 Å². The number of thioether (sulfide) groups is 1. The molecule has 0 saturated carbocycles. The molecule has 1 heterocycles. The molecule has 5 nitrogen and oxygen atoms in total. The minimum absolute atomic E-state index is 0.268. The predicted octanol–water partition coefficient (Wildman–Crippen LogP) is 2.50. The van der Waals surface area contributed by atoms with Crippen LogP contribution in [-0.4, -0.2) is 47.1 Å². The number of allylic oxidation sites excluding steroid dienone is 2. The third-order valence-electron chi connectivity index (χ3n) is 3.70. The summed E-state index contributed by atoms with van der Waals surface area (Å²) in [5.74, 6) is -1.02. The summed E-state index contributed by atoms with van der Waals surface area (Å²) in [6, 6.07) is 0. The molecule has 1 aliphatic rings. The molecule has 0 spiro atoms. The number of nitrogens with zero attached hydrogens (tertiary/aromatic N) is 1. The second-order valence-corrected chi connectivity index (χ2v) is 5.88. The van der Waals surface area contributed by atoms with E-state index in [-0.39, 0.29) is 12.2 Å². The summed E-state index contributed by atoms with van der Waals surface area (Å²) in [5.41, 5.74) is 2.21. The summed E-state index contributed by atoms with van der Waals surface area (Å²) in [7, 11) is 0. The molecular formula is C15H23NO4S. The first-order chi connectivity index (χ1) is 9.86. The Bertz CT molecular complexity index is 496. The van der Waals surface area contributed by atoms with Crippen molar-refractivity contribution in [1.29, 1.82) is 0 Å². The maximum atomic E-state index is 12.2. The fourth-order valence-corrected chi connectivity index (χ4v) is 3.07. The van der Waals surface area contributed by atoms with Crippen molar-refractivity contribution in [2.75, 3.05) is 25.2 Å². The summed E-state index contributed by atoms with van der Waals surface area (Å²) in [4.78, 5) is 25.7. The van der Waals surface area contributed by atoms with E-state index in [1.807, 2.05) is 18.1 Å². The molecule has 0 fully saturated rings. The highest BCUT2D eigenvalue weighted by Crippen LogP contribution is 2.35. The van der Waals surface area contributed by atoms with Crippen LogP contribution in [0.3, 0.4) is 0 Å². The van der Waals surface area contributed by atoms with Gasteiger partial charge >= 0.3 is 11.9 Å². The summed E-state index contributed by atoms with van der Waals surface area (Å²) in [5, 5.41) is 9.47. The van der Waals surface area contributed by atoms with Gasteiger partial charge in [-0.1, -0.05) is 6.92 Å². The second-order valence-electron chi connectivity index (χ2n) is 4.89. The van der Waals surface area contributed by atoms with Crippen LogP contribution in [0.15, 0.2) is 22.5 Å². The van der Waals surface area contributed by atoms with Crippen LogP contribution in [-0.2, 0) is 14.3 Å².